The molecule has 1 N–H and O–H groups in total. The first-order valence-corrected chi connectivity index (χ1v) is 13.4. The molecule has 1 atom stereocenters. The number of carboxylic acid groups (broad SMARTS) is 1. The maximum atomic E-state index is 11.4. The van der Waals surface area contributed by atoms with E-state index in [1.807, 2.05) is 54.6 Å². The first-order valence-electron chi connectivity index (χ1n) is 13.4. The van der Waals surface area contributed by atoms with E-state index in [9.17, 15) is 9.90 Å². The topological polar surface area (TPSA) is 65.0 Å². The van der Waals surface area contributed by atoms with Crippen LogP contribution in [0, 0.1) is 0 Å². The van der Waals surface area contributed by atoms with Gasteiger partial charge in [-0.1, -0.05) is 84.9 Å². The number of aryl methyl sites for hydroxylation is 2. The highest BCUT2D eigenvalue weighted by Crippen LogP contribution is 2.24. The van der Waals surface area contributed by atoms with Crippen LogP contribution in [-0.2, 0) is 35.2 Å². The molecule has 0 spiro atoms. The van der Waals surface area contributed by atoms with Crippen molar-refractivity contribution in [3.05, 3.63) is 131 Å². The second kappa shape index (κ2) is 14.7. The molecule has 0 aliphatic rings. The van der Waals surface area contributed by atoms with E-state index in [4.69, 9.17) is 14.2 Å². The van der Waals surface area contributed by atoms with Gasteiger partial charge in [0, 0.05) is 20.0 Å². The zero-order valence-electron chi connectivity index (χ0n) is 22.4. The summed E-state index contributed by atoms with van der Waals surface area (Å²) in [7, 11) is 1.42. The molecule has 39 heavy (non-hydrogen) atoms. The second-order valence-corrected chi connectivity index (χ2v) is 9.55. The zero-order chi connectivity index (χ0) is 27.3. The molecule has 4 rings (SSSR count). The molecule has 4 aromatic carbocycles. The molecule has 0 saturated carbocycles. The highest BCUT2D eigenvalue weighted by molar-refractivity contribution is 5.72. The number of hydrogen-bond acceptors (Lipinski definition) is 4. The molecule has 5 nitrogen and oxygen atoms in total. The molecule has 0 saturated heterocycles. The Labute approximate surface area is 231 Å². The largest absolute Gasteiger partial charge is 0.493 e. The molecule has 0 aromatic heterocycles. The van der Waals surface area contributed by atoms with Gasteiger partial charge in [0.15, 0.2) is 6.10 Å². The van der Waals surface area contributed by atoms with Gasteiger partial charge in [0.2, 0.25) is 0 Å². The monoisotopic (exact) mass is 524 g/mol. The van der Waals surface area contributed by atoms with E-state index in [2.05, 4.69) is 48.5 Å². The molecule has 5 heteroatoms. The zero-order valence-corrected chi connectivity index (χ0v) is 22.4. The van der Waals surface area contributed by atoms with Crippen LogP contribution in [0.4, 0.5) is 0 Å². The van der Waals surface area contributed by atoms with Gasteiger partial charge in [0.1, 0.15) is 11.5 Å². The number of carboxylic acids is 1. The summed E-state index contributed by atoms with van der Waals surface area (Å²) in [5.41, 5.74) is 5.77. The van der Waals surface area contributed by atoms with Crippen molar-refractivity contribution in [3.63, 3.8) is 0 Å². The van der Waals surface area contributed by atoms with Crippen LogP contribution in [0.2, 0.25) is 0 Å². The predicted octanol–water partition coefficient (Wildman–Crippen LogP) is 6.55. The van der Waals surface area contributed by atoms with Gasteiger partial charge in [-0.05, 0) is 65.3 Å². The maximum Gasteiger partial charge on any atom is 0.333 e. The Morgan fingerprint density at radius 3 is 2.00 bits per heavy atom. The van der Waals surface area contributed by atoms with Crippen molar-refractivity contribution in [2.24, 2.45) is 0 Å². The number of hydrogen-bond donors (Lipinski definition) is 1. The fourth-order valence-corrected chi connectivity index (χ4v) is 4.47. The van der Waals surface area contributed by atoms with Crippen molar-refractivity contribution in [1.82, 2.24) is 0 Å². The van der Waals surface area contributed by atoms with Crippen molar-refractivity contribution in [2.45, 2.75) is 38.2 Å². The average molecular weight is 525 g/mol. The molecule has 202 valence electrons. The third-order valence-electron chi connectivity index (χ3n) is 6.62. The third kappa shape index (κ3) is 9.01. The number of carbonyl (C=O) groups is 1. The molecule has 1 unspecified atom stereocenters. The maximum absolute atomic E-state index is 11.4. The lowest BCUT2D eigenvalue weighted by Crippen LogP contribution is -2.24. The van der Waals surface area contributed by atoms with Crippen LogP contribution in [0.15, 0.2) is 103 Å². The molecule has 0 bridgehead atoms. The van der Waals surface area contributed by atoms with Crippen LogP contribution in [0.5, 0.6) is 11.5 Å². The molecule has 0 heterocycles. The molecule has 0 amide bonds. The molecule has 0 fully saturated rings. The minimum absolute atomic E-state index is 0.308. The minimum atomic E-state index is -0.963. The fourth-order valence-electron chi connectivity index (χ4n) is 4.47. The van der Waals surface area contributed by atoms with Crippen molar-refractivity contribution in [3.8, 4) is 11.5 Å². The number of aliphatic carboxylic acids is 1. The number of benzene rings is 4. The summed E-state index contributed by atoms with van der Waals surface area (Å²) in [6, 6.07) is 34.9. The van der Waals surface area contributed by atoms with Gasteiger partial charge in [-0.25, -0.2) is 4.79 Å². The van der Waals surface area contributed by atoms with E-state index in [1.54, 1.807) is 0 Å². The Hall–Kier alpha value is -4.09. The summed E-state index contributed by atoms with van der Waals surface area (Å²) in [5.74, 6) is 0.713. The summed E-state index contributed by atoms with van der Waals surface area (Å²) < 4.78 is 17.2. The van der Waals surface area contributed by atoms with Gasteiger partial charge in [0.05, 0.1) is 13.2 Å². The summed E-state index contributed by atoms with van der Waals surface area (Å²) in [5, 5.41) is 9.37. The van der Waals surface area contributed by atoms with Gasteiger partial charge in [-0.3, -0.25) is 0 Å². The Bertz CT molecular complexity index is 1290. The highest BCUT2D eigenvalue weighted by Gasteiger charge is 2.18. The van der Waals surface area contributed by atoms with Crippen LogP contribution in [0.3, 0.4) is 0 Å². The molecule has 4 aromatic rings. The SMILES string of the molecule is COC(Cc1ccc(OCCCOc2ccc(Cc3ccccc3)cc2)c(CCc2ccccc2)c1)C(=O)O. The third-order valence-corrected chi connectivity index (χ3v) is 6.62. The van der Waals surface area contributed by atoms with Gasteiger partial charge in [0.25, 0.3) is 0 Å². The first-order chi connectivity index (χ1) is 19.1. The van der Waals surface area contributed by atoms with Crippen molar-refractivity contribution < 1.29 is 24.1 Å². The number of methoxy groups -OCH3 is 1. The summed E-state index contributed by atoms with van der Waals surface area (Å²) in [4.78, 5) is 11.4. The summed E-state index contributed by atoms with van der Waals surface area (Å²) >= 11 is 0. The lowest BCUT2D eigenvalue weighted by atomic mass is 9.99. The average Bonchev–Trinajstić information content (AvgIpc) is 2.97. The lowest BCUT2D eigenvalue weighted by Gasteiger charge is -2.16. The van der Waals surface area contributed by atoms with Crippen LogP contribution < -0.4 is 9.47 Å². The molecule has 0 aliphatic carbocycles. The van der Waals surface area contributed by atoms with Gasteiger partial charge >= 0.3 is 5.97 Å². The Morgan fingerprint density at radius 2 is 1.33 bits per heavy atom. The van der Waals surface area contributed by atoms with E-state index in [1.165, 1.54) is 23.8 Å². The normalized spacial score (nSPS) is 11.6. The van der Waals surface area contributed by atoms with Gasteiger partial charge in [-0.2, -0.15) is 0 Å². The fraction of sp³-hybridized carbons (Fsp3) is 0.265. The Balaban J connectivity index is 1.29. The van der Waals surface area contributed by atoms with Crippen LogP contribution in [-0.4, -0.2) is 37.5 Å². The summed E-state index contributed by atoms with van der Waals surface area (Å²) in [6.07, 6.45) is 2.76. The number of ether oxygens (including phenoxy) is 3. The summed E-state index contributed by atoms with van der Waals surface area (Å²) in [6.45, 7) is 1.09. The van der Waals surface area contributed by atoms with E-state index < -0.39 is 12.1 Å². The van der Waals surface area contributed by atoms with Gasteiger partial charge < -0.3 is 19.3 Å². The molecular formula is C34H36O5. The molecular weight excluding hydrogens is 488 g/mol. The number of rotatable bonds is 15. The van der Waals surface area contributed by atoms with Crippen LogP contribution in [0.25, 0.3) is 0 Å². The lowest BCUT2D eigenvalue weighted by molar-refractivity contribution is -0.148. The van der Waals surface area contributed by atoms with E-state index in [-0.39, 0.29) is 0 Å². The van der Waals surface area contributed by atoms with E-state index in [0.717, 1.165) is 48.3 Å². The Kier molecular flexibility index (Phi) is 10.6. The molecule has 0 radical (unpaired) electrons. The predicted molar refractivity (Wildman–Crippen MR) is 154 cm³/mol. The second-order valence-electron chi connectivity index (χ2n) is 9.55. The smallest absolute Gasteiger partial charge is 0.333 e. The quantitative estimate of drug-likeness (QED) is 0.179. The van der Waals surface area contributed by atoms with Gasteiger partial charge in [-0.15, -0.1) is 0 Å². The Morgan fingerprint density at radius 1 is 0.718 bits per heavy atom. The van der Waals surface area contributed by atoms with Crippen molar-refractivity contribution in [1.29, 1.82) is 0 Å². The molecule has 0 aliphatic heterocycles. The van der Waals surface area contributed by atoms with Crippen LogP contribution in [0.1, 0.15) is 34.2 Å². The van der Waals surface area contributed by atoms with E-state index in [0.29, 0.717) is 19.6 Å². The van der Waals surface area contributed by atoms with E-state index >= 15 is 0 Å². The minimum Gasteiger partial charge on any atom is -0.493 e. The van der Waals surface area contributed by atoms with Crippen molar-refractivity contribution >= 4 is 5.97 Å². The highest BCUT2D eigenvalue weighted by atomic mass is 16.5. The first kappa shape index (κ1) is 27.9. The van der Waals surface area contributed by atoms with Crippen LogP contribution >= 0.6 is 0 Å². The standard InChI is InChI=1S/C34H36O5/c1-37-33(34(35)36)25-29-16-20-32(30(24-29)17-13-26-9-4-2-5-10-26)39-22-8-21-38-31-18-14-28(15-19-31)23-27-11-6-3-7-12-27/h2-7,9-12,14-16,18-20,24,33H,8,13,17,21-23,25H2,1H3,(H,35,36). The van der Waals surface area contributed by atoms with Crippen molar-refractivity contribution in [2.75, 3.05) is 20.3 Å².